The van der Waals surface area contributed by atoms with Crippen LogP contribution in [0.2, 0.25) is 0 Å². The van der Waals surface area contributed by atoms with E-state index >= 15 is 0 Å². The third-order valence-corrected chi connectivity index (χ3v) is 6.20. The number of fused-ring (bicyclic) bond motifs is 2. The molecule has 2 aliphatic heterocycles. The van der Waals surface area contributed by atoms with E-state index in [4.69, 9.17) is 4.74 Å². The summed E-state index contributed by atoms with van der Waals surface area (Å²) in [4.78, 5) is 15.0. The van der Waals surface area contributed by atoms with Crippen molar-refractivity contribution in [1.29, 1.82) is 0 Å². The molecule has 1 spiro atoms. The minimum absolute atomic E-state index is 0.154. The maximum Gasteiger partial charge on any atom is 0.235 e. The zero-order valence-corrected chi connectivity index (χ0v) is 15.4. The first kappa shape index (κ1) is 16.8. The van der Waals surface area contributed by atoms with E-state index in [2.05, 4.69) is 45.9 Å². The number of ether oxygens (including phenoxy) is 1. The van der Waals surface area contributed by atoms with Crippen molar-refractivity contribution >= 4 is 17.3 Å². The van der Waals surface area contributed by atoms with Gasteiger partial charge in [0.15, 0.2) is 0 Å². The zero-order valence-electron chi connectivity index (χ0n) is 15.4. The summed E-state index contributed by atoms with van der Waals surface area (Å²) in [6.07, 6.45) is 0.902. The molecule has 27 heavy (non-hydrogen) atoms. The van der Waals surface area contributed by atoms with Crippen molar-refractivity contribution < 1.29 is 9.53 Å². The quantitative estimate of drug-likeness (QED) is 0.858. The summed E-state index contributed by atoms with van der Waals surface area (Å²) in [5, 5.41) is 6.56. The van der Waals surface area contributed by atoms with Crippen LogP contribution in [0.15, 0.2) is 48.5 Å². The average molecular weight is 363 g/mol. The molecule has 2 N–H and O–H groups in total. The van der Waals surface area contributed by atoms with Crippen LogP contribution in [0.5, 0.6) is 0 Å². The lowest BCUT2D eigenvalue weighted by Crippen LogP contribution is -2.38. The van der Waals surface area contributed by atoms with Gasteiger partial charge in [-0.05, 0) is 35.7 Å². The summed E-state index contributed by atoms with van der Waals surface area (Å²) in [6, 6.07) is 16.7. The molecule has 1 saturated carbocycles. The molecule has 2 aromatic carbocycles. The van der Waals surface area contributed by atoms with E-state index in [0.717, 1.165) is 62.8 Å². The van der Waals surface area contributed by atoms with Crippen LogP contribution >= 0.6 is 0 Å². The highest BCUT2D eigenvalue weighted by molar-refractivity contribution is 6.09. The lowest BCUT2D eigenvalue weighted by molar-refractivity contribution is -0.118. The first-order valence-corrected chi connectivity index (χ1v) is 9.82. The van der Waals surface area contributed by atoms with Crippen molar-refractivity contribution in [3.63, 3.8) is 0 Å². The number of amides is 1. The second-order valence-electron chi connectivity index (χ2n) is 7.73. The molecule has 2 aromatic rings. The van der Waals surface area contributed by atoms with Gasteiger partial charge in [-0.15, -0.1) is 0 Å². The van der Waals surface area contributed by atoms with Crippen LogP contribution in [0.25, 0.3) is 0 Å². The van der Waals surface area contributed by atoms with Crippen molar-refractivity contribution in [2.75, 3.05) is 50.0 Å². The Labute approximate surface area is 159 Å². The Balaban J connectivity index is 1.22. The van der Waals surface area contributed by atoms with Gasteiger partial charge in [-0.3, -0.25) is 9.69 Å². The number of benzene rings is 2. The molecule has 140 valence electrons. The van der Waals surface area contributed by atoms with Gasteiger partial charge in [0.25, 0.3) is 0 Å². The monoisotopic (exact) mass is 363 g/mol. The number of morpholine rings is 1. The van der Waals surface area contributed by atoms with Crippen LogP contribution in [0.4, 0.5) is 11.4 Å². The molecule has 1 amide bonds. The van der Waals surface area contributed by atoms with E-state index in [-0.39, 0.29) is 17.2 Å². The molecule has 1 saturated heterocycles. The van der Waals surface area contributed by atoms with Gasteiger partial charge in [0.2, 0.25) is 5.91 Å². The van der Waals surface area contributed by atoms with Gasteiger partial charge in [0, 0.05) is 43.5 Å². The van der Waals surface area contributed by atoms with Gasteiger partial charge in [-0.2, -0.15) is 0 Å². The number of carbonyl (C=O) groups is 1. The molecular weight excluding hydrogens is 338 g/mol. The molecule has 2 unspecified atom stereocenters. The predicted octanol–water partition coefficient (Wildman–Crippen LogP) is 2.81. The van der Waals surface area contributed by atoms with Crippen LogP contribution in [-0.4, -0.2) is 50.2 Å². The lowest BCUT2D eigenvalue weighted by Gasteiger charge is -2.26. The van der Waals surface area contributed by atoms with Crippen molar-refractivity contribution in [1.82, 2.24) is 4.90 Å². The largest absolute Gasteiger partial charge is 0.384 e. The number of nitrogens with one attached hydrogen (secondary N) is 2. The minimum atomic E-state index is -0.345. The molecule has 2 heterocycles. The van der Waals surface area contributed by atoms with E-state index in [0.29, 0.717) is 0 Å². The van der Waals surface area contributed by atoms with E-state index in [9.17, 15) is 4.79 Å². The molecule has 0 bridgehead atoms. The second-order valence-corrected chi connectivity index (χ2v) is 7.73. The smallest absolute Gasteiger partial charge is 0.235 e. The summed E-state index contributed by atoms with van der Waals surface area (Å²) in [7, 11) is 0. The average Bonchev–Trinajstić information content (AvgIpc) is 3.40. The highest BCUT2D eigenvalue weighted by Crippen LogP contribution is 2.64. The Morgan fingerprint density at radius 3 is 2.70 bits per heavy atom. The minimum Gasteiger partial charge on any atom is -0.384 e. The number of anilines is 2. The summed E-state index contributed by atoms with van der Waals surface area (Å²) >= 11 is 0. The molecule has 5 heteroatoms. The fourth-order valence-corrected chi connectivity index (χ4v) is 4.57. The number of hydrogen-bond donors (Lipinski definition) is 2. The van der Waals surface area contributed by atoms with E-state index in [1.165, 1.54) is 5.56 Å². The number of nitrogens with zero attached hydrogens (tertiary/aromatic N) is 1. The fourth-order valence-electron chi connectivity index (χ4n) is 4.57. The molecule has 1 aliphatic carbocycles. The number of hydrogen-bond acceptors (Lipinski definition) is 4. The summed E-state index contributed by atoms with van der Waals surface area (Å²) in [5.74, 6) is 0.435. The van der Waals surface area contributed by atoms with Gasteiger partial charge in [0.05, 0.1) is 18.6 Å². The van der Waals surface area contributed by atoms with Crippen molar-refractivity contribution in [3.05, 3.63) is 59.7 Å². The van der Waals surface area contributed by atoms with Crippen molar-refractivity contribution in [2.45, 2.75) is 17.8 Å². The normalized spacial score (nSPS) is 26.7. The van der Waals surface area contributed by atoms with Gasteiger partial charge >= 0.3 is 0 Å². The molecule has 0 radical (unpaired) electrons. The SMILES string of the molecule is O=C1Nc2ccccc2C12CC2c1ccc(NCCN2CCOCC2)cc1. The third-order valence-electron chi connectivity index (χ3n) is 6.20. The molecule has 0 aromatic heterocycles. The lowest BCUT2D eigenvalue weighted by atomic mass is 9.92. The zero-order chi connectivity index (χ0) is 18.3. The molecule has 3 aliphatic rings. The third kappa shape index (κ3) is 2.91. The van der Waals surface area contributed by atoms with E-state index < -0.39 is 0 Å². The maximum absolute atomic E-state index is 12.6. The van der Waals surface area contributed by atoms with Crippen LogP contribution in [0, 0.1) is 0 Å². The van der Waals surface area contributed by atoms with Crippen LogP contribution in [-0.2, 0) is 14.9 Å². The standard InChI is InChI=1S/C22H25N3O2/c26-21-22(18-3-1-2-4-20(18)24-21)15-19(22)16-5-7-17(8-6-16)23-9-10-25-11-13-27-14-12-25/h1-8,19,23H,9-15H2,(H,24,26). The second kappa shape index (κ2) is 6.66. The van der Waals surface area contributed by atoms with Crippen LogP contribution < -0.4 is 10.6 Å². The van der Waals surface area contributed by atoms with E-state index in [1.807, 2.05) is 18.2 Å². The van der Waals surface area contributed by atoms with Gasteiger partial charge in [-0.25, -0.2) is 0 Å². The Morgan fingerprint density at radius 2 is 1.89 bits per heavy atom. The van der Waals surface area contributed by atoms with E-state index in [1.54, 1.807) is 0 Å². The Hall–Kier alpha value is -2.37. The molecule has 5 rings (SSSR count). The van der Waals surface area contributed by atoms with Crippen LogP contribution in [0.1, 0.15) is 23.5 Å². The molecule has 2 atom stereocenters. The molecule has 5 nitrogen and oxygen atoms in total. The molecular formula is C22H25N3O2. The van der Waals surface area contributed by atoms with Gasteiger partial charge < -0.3 is 15.4 Å². The summed E-state index contributed by atoms with van der Waals surface area (Å²) in [5.41, 5.74) is 4.18. The van der Waals surface area contributed by atoms with Gasteiger partial charge in [-0.1, -0.05) is 30.3 Å². The highest BCUT2D eigenvalue weighted by Gasteiger charge is 2.64. The van der Waals surface area contributed by atoms with Gasteiger partial charge in [0.1, 0.15) is 0 Å². The van der Waals surface area contributed by atoms with Crippen LogP contribution in [0.3, 0.4) is 0 Å². The Kier molecular flexibility index (Phi) is 4.14. The van der Waals surface area contributed by atoms with Crippen molar-refractivity contribution in [2.24, 2.45) is 0 Å². The van der Waals surface area contributed by atoms with Crippen molar-refractivity contribution in [3.8, 4) is 0 Å². The summed E-state index contributed by atoms with van der Waals surface area (Å²) in [6.45, 7) is 5.70. The fraction of sp³-hybridized carbons (Fsp3) is 0.409. The Bertz CT molecular complexity index is 845. The predicted molar refractivity (Wildman–Crippen MR) is 106 cm³/mol. The first-order valence-electron chi connectivity index (χ1n) is 9.82. The maximum atomic E-state index is 12.6. The topological polar surface area (TPSA) is 53.6 Å². The summed E-state index contributed by atoms with van der Waals surface area (Å²) < 4.78 is 5.38. The number of para-hydroxylation sites is 1. The number of rotatable bonds is 5. The Morgan fingerprint density at radius 1 is 1.11 bits per heavy atom. The number of carbonyl (C=O) groups excluding carboxylic acids is 1. The molecule has 2 fully saturated rings. The first-order chi connectivity index (χ1) is 13.3. The highest BCUT2D eigenvalue weighted by atomic mass is 16.5.